The van der Waals surface area contributed by atoms with Crippen molar-refractivity contribution >= 4 is 23.3 Å². The van der Waals surface area contributed by atoms with Gasteiger partial charge >= 0.3 is 0 Å². The zero-order valence-corrected chi connectivity index (χ0v) is 13.0. The topological polar surface area (TPSA) is 37.4 Å². The van der Waals surface area contributed by atoms with Gasteiger partial charge in [0.05, 0.1) is 10.6 Å². The molecule has 1 saturated carbocycles. The van der Waals surface area contributed by atoms with Crippen LogP contribution in [0.1, 0.15) is 48.0 Å². The number of rotatable bonds is 2. The molecule has 1 heterocycles. The molecule has 0 spiro atoms. The molecule has 2 aliphatic rings. The summed E-state index contributed by atoms with van der Waals surface area (Å²) in [5, 5.41) is 0.533. The number of halogens is 1. The van der Waals surface area contributed by atoms with E-state index in [2.05, 4.69) is 0 Å². The summed E-state index contributed by atoms with van der Waals surface area (Å²) in [7, 11) is 0. The first-order valence-corrected chi connectivity index (χ1v) is 8.06. The molecule has 1 saturated heterocycles. The van der Waals surface area contributed by atoms with Crippen LogP contribution in [-0.4, -0.2) is 29.2 Å². The fraction of sp³-hybridized carbons (Fsp3) is 0.529. The Bertz CT molecular complexity index is 584. The Kier molecular flexibility index (Phi) is 4.03. The van der Waals surface area contributed by atoms with Crippen LogP contribution in [0.4, 0.5) is 0 Å². The van der Waals surface area contributed by atoms with Gasteiger partial charge in [-0.15, -0.1) is 0 Å². The van der Waals surface area contributed by atoms with E-state index in [1.54, 1.807) is 6.07 Å². The summed E-state index contributed by atoms with van der Waals surface area (Å²) in [6.45, 7) is 2.64. The minimum Gasteiger partial charge on any atom is -0.335 e. The molecule has 1 aliphatic carbocycles. The lowest BCUT2D eigenvalue weighted by Gasteiger charge is -2.29. The highest BCUT2D eigenvalue weighted by molar-refractivity contribution is 6.34. The average Bonchev–Trinajstić information content (AvgIpc) is 3.09. The molecule has 2 fully saturated rings. The molecule has 2 unspecified atom stereocenters. The standard InChI is InChI=1S/C17H20ClNO2/c1-11-5-2-7-13(16(11)18)17(21)19-10-4-8-14(19)12-6-3-9-15(12)20/h2,5,7,12,14H,3-4,6,8-10H2,1H3. The molecule has 4 heteroatoms. The molecule has 1 aromatic rings. The van der Waals surface area contributed by atoms with Crippen LogP contribution in [0.25, 0.3) is 0 Å². The molecule has 0 bridgehead atoms. The van der Waals surface area contributed by atoms with Crippen molar-refractivity contribution in [1.82, 2.24) is 4.90 Å². The number of ketones is 1. The molecule has 1 aliphatic heterocycles. The van der Waals surface area contributed by atoms with Crippen LogP contribution < -0.4 is 0 Å². The minimum atomic E-state index is -0.0223. The SMILES string of the molecule is Cc1cccc(C(=O)N2CCCC2C2CCCC2=O)c1Cl. The molecule has 1 amide bonds. The van der Waals surface area contributed by atoms with Gasteiger partial charge in [0.25, 0.3) is 5.91 Å². The molecule has 3 rings (SSSR count). The van der Waals surface area contributed by atoms with E-state index in [0.29, 0.717) is 22.8 Å². The van der Waals surface area contributed by atoms with E-state index in [4.69, 9.17) is 11.6 Å². The van der Waals surface area contributed by atoms with E-state index >= 15 is 0 Å². The number of hydrogen-bond acceptors (Lipinski definition) is 2. The first-order valence-electron chi connectivity index (χ1n) is 7.68. The summed E-state index contributed by atoms with van der Waals surface area (Å²) in [5.41, 5.74) is 1.48. The number of aryl methyl sites for hydroxylation is 1. The van der Waals surface area contributed by atoms with Crippen LogP contribution >= 0.6 is 11.6 Å². The number of Topliss-reactive ketones (excluding diaryl/α,β-unsaturated/α-hetero) is 1. The number of carbonyl (C=O) groups is 2. The van der Waals surface area contributed by atoms with Gasteiger partial charge in [0.15, 0.2) is 0 Å². The van der Waals surface area contributed by atoms with Gasteiger partial charge in [-0.05, 0) is 44.2 Å². The van der Waals surface area contributed by atoms with Crippen molar-refractivity contribution in [2.24, 2.45) is 5.92 Å². The minimum absolute atomic E-state index is 0.0223. The molecular weight excluding hydrogens is 286 g/mol. The summed E-state index contributed by atoms with van der Waals surface area (Å²) in [5.74, 6) is 0.348. The molecule has 0 radical (unpaired) electrons. The van der Waals surface area contributed by atoms with Crippen molar-refractivity contribution in [2.45, 2.75) is 45.1 Å². The number of hydrogen-bond donors (Lipinski definition) is 0. The fourth-order valence-electron chi connectivity index (χ4n) is 3.68. The first-order chi connectivity index (χ1) is 10.1. The second-order valence-electron chi connectivity index (χ2n) is 6.11. The number of nitrogens with zero attached hydrogens (tertiary/aromatic N) is 1. The van der Waals surface area contributed by atoms with Crippen LogP contribution in [0, 0.1) is 12.8 Å². The van der Waals surface area contributed by atoms with Crippen LogP contribution in [-0.2, 0) is 4.79 Å². The Labute approximate surface area is 130 Å². The maximum Gasteiger partial charge on any atom is 0.255 e. The summed E-state index contributed by atoms with van der Waals surface area (Å²) >= 11 is 6.29. The van der Waals surface area contributed by atoms with Gasteiger partial charge in [0.2, 0.25) is 0 Å². The largest absolute Gasteiger partial charge is 0.335 e. The normalized spacial score (nSPS) is 25.6. The Morgan fingerprint density at radius 2 is 2.10 bits per heavy atom. The quantitative estimate of drug-likeness (QED) is 0.837. The van der Waals surface area contributed by atoms with Crippen molar-refractivity contribution < 1.29 is 9.59 Å². The van der Waals surface area contributed by atoms with Gasteiger partial charge in [-0.1, -0.05) is 23.7 Å². The zero-order valence-electron chi connectivity index (χ0n) is 12.3. The van der Waals surface area contributed by atoms with E-state index in [0.717, 1.165) is 37.8 Å². The molecule has 0 N–H and O–H groups in total. The van der Waals surface area contributed by atoms with Crippen LogP contribution in [0.5, 0.6) is 0 Å². The average molecular weight is 306 g/mol. The van der Waals surface area contributed by atoms with Crippen molar-refractivity contribution in [3.05, 3.63) is 34.3 Å². The molecule has 21 heavy (non-hydrogen) atoms. The summed E-state index contributed by atoms with van der Waals surface area (Å²) in [4.78, 5) is 26.7. The van der Waals surface area contributed by atoms with E-state index in [1.807, 2.05) is 24.0 Å². The van der Waals surface area contributed by atoms with Crippen molar-refractivity contribution in [1.29, 1.82) is 0 Å². The van der Waals surface area contributed by atoms with Crippen molar-refractivity contribution in [3.63, 3.8) is 0 Å². The van der Waals surface area contributed by atoms with Crippen LogP contribution in [0.2, 0.25) is 5.02 Å². The first kappa shape index (κ1) is 14.6. The smallest absolute Gasteiger partial charge is 0.255 e. The predicted octanol–water partition coefficient (Wildman–Crippen LogP) is 3.62. The molecular formula is C17H20ClNO2. The Hall–Kier alpha value is -1.35. The number of carbonyl (C=O) groups excluding carboxylic acids is 2. The van der Waals surface area contributed by atoms with E-state index in [-0.39, 0.29) is 17.9 Å². The Morgan fingerprint density at radius 3 is 2.81 bits per heavy atom. The highest BCUT2D eigenvalue weighted by atomic mass is 35.5. The third-order valence-corrected chi connectivity index (χ3v) is 5.30. The van der Waals surface area contributed by atoms with E-state index in [9.17, 15) is 9.59 Å². The summed E-state index contributed by atoms with van der Waals surface area (Å²) < 4.78 is 0. The molecule has 2 atom stereocenters. The third kappa shape index (κ3) is 2.59. The predicted molar refractivity (Wildman–Crippen MR) is 82.6 cm³/mol. The molecule has 112 valence electrons. The maximum absolute atomic E-state index is 12.8. The van der Waals surface area contributed by atoms with Crippen LogP contribution in [0.3, 0.4) is 0 Å². The number of benzene rings is 1. The number of amides is 1. The highest BCUT2D eigenvalue weighted by Gasteiger charge is 2.40. The van der Waals surface area contributed by atoms with Gasteiger partial charge in [0.1, 0.15) is 5.78 Å². The van der Waals surface area contributed by atoms with Crippen molar-refractivity contribution in [3.8, 4) is 0 Å². The monoisotopic (exact) mass is 305 g/mol. The van der Waals surface area contributed by atoms with Gasteiger partial charge in [-0.3, -0.25) is 9.59 Å². The fourth-order valence-corrected chi connectivity index (χ4v) is 3.89. The lowest BCUT2D eigenvalue weighted by molar-refractivity contribution is -0.121. The maximum atomic E-state index is 12.8. The van der Waals surface area contributed by atoms with Gasteiger partial charge in [0, 0.05) is 24.9 Å². The Morgan fingerprint density at radius 1 is 1.29 bits per heavy atom. The summed E-state index contributed by atoms with van der Waals surface area (Å²) in [6.07, 6.45) is 4.48. The molecule has 1 aromatic carbocycles. The highest BCUT2D eigenvalue weighted by Crippen LogP contribution is 2.35. The second-order valence-corrected chi connectivity index (χ2v) is 6.49. The van der Waals surface area contributed by atoms with Crippen LogP contribution in [0.15, 0.2) is 18.2 Å². The van der Waals surface area contributed by atoms with E-state index < -0.39 is 0 Å². The Balaban J connectivity index is 1.86. The second kappa shape index (κ2) is 5.80. The van der Waals surface area contributed by atoms with Gasteiger partial charge in [-0.2, -0.15) is 0 Å². The lowest BCUT2D eigenvalue weighted by atomic mass is 9.94. The third-order valence-electron chi connectivity index (χ3n) is 4.80. The van der Waals surface area contributed by atoms with Gasteiger partial charge < -0.3 is 4.90 Å². The molecule has 0 aromatic heterocycles. The van der Waals surface area contributed by atoms with Crippen molar-refractivity contribution in [2.75, 3.05) is 6.54 Å². The zero-order chi connectivity index (χ0) is 15.0. The number of likely N-dealkylation sites (tertiary alicyclic amines) is 1. The summed E-state index contributed by atoms with van der Waals surface area (Å²) in [6, 6.07) is 5.62. The van der Waals surface area contributed by atoms with Gasteiger partial charge in [-0.25, -0.2) is 0 Å². The molecule has 3 nitrogen and oxygen atoms in total. The lowest BCUT2D eigenvalue weighted by Crippen LogP contribution is -2.41. The van der Waals surface area contributed by atoms with E-state index in [1.165, 1.54) is 0 Å².